The summed E-state index contributed by atoms with van der Waals surface area (Å²) in [5, 5.41) is 22.1. The van der Waals surface area contributed by atoms with E-state index in [-0.39, 0.29) is 47.0 Å². The van der Waals surface area contributed by atoms with Crippen molar-refractivity contribution in [1.29, 1.82) is 5.26 Å². The molecule has 3 aromatic carbocycles. The van der Waals surface area contributed by atoms with Gasteiger partial charge in [0.25, 0.3) is 5.91 Å². The second-order valence-electron chi connectivity index (χ2n) is 14.1. The van der Waals surface area contributed by atoms with E-state index in [1.165, 1.54) is 26.0 Å². The van der Waals surface area contributed by atoms with Crippen molar-refractivity contribution in [2.45, 2.75) is 69.1 Å². The van der Waals surface area contributed by atoms with Crippen LogP contribution in [0.2, 0.25) is 10.0 Å². The highest BCUT2D eigenvalue weighted by Gasteiger charge is 2.73. The second-order valence-corrected chi connectivity index (χ2v) is 14.9. The van der Waals surface area contributed by atoms with Gasteiger partial charge in [-0.25, -0.2) is 13.9 Å². The van der Waals surface area contributed by atoms with Crippen molar-refractivity contribution in [3.8, 4) is 28.6 Å². The number of alkyl halides is 10. The maximum absolute atomic E-state index is 14.9. The van der Waals surface area contributed by atoms with Crippen molar-refractivity contribution in [3.63, 3.8) is 0 Å². The molecule has 0 radical (unpaired) electrons. The highest BCUT2D eigenvalue weighted by Crippen LogP contribution is 2.55. The zero-order valence-corrected chi connectivity index (χ0v) is 32.6. The van der Waals surface area contributed by atoms with Crippen LogP contribution in [0.5, 0.6) is 5.75 Å². The molecule has 4 aromatic rings. The molecule has 0 saturated heterocycles. The van der Waals surface area contributed by atoms with Crippen LogP contribution in [0.3, 0.4) is 0 Å². The number of hydrogen-bond donors (Lipinski definition) is 1. The molecule has 61 heavy (non-hydrogen) atoms. The van der Waals surface area contributed by atoms with Crippen LogP contribution >= 0.6 is 23.2 Å². The van der Waals surface area contributed by atoms with E-state index in [0.717, 1.165) is 23.4 Å². The number of ether oxygens (including phenoxy) is 3. The molecule has 1 atom stereocenters. The third-order valence-corrected chi connectivity index (χ3v) is 10.3. The highest BCUT2D eigenvalue weighted by atomic mass is 35.5. The lowest BCUT2D eigenvalue weighted by Crippen LogP contribution is -2.50. The minimum Gasteiger partial charge on any atom is -0.481 e. The van der Waals surface area contributed by atoms with Gasteiger partial charge in [0.1, 0.15) is 17.3 Å². The number of nitrogens with zero attached hydrogens (tertiary/aromatic N) is 4. The highest BCUT2D eigenvalue weighted by molar-refractivity contribution is 6.34. The van der Waals surface area contributed by atoms with Crippen LogP contribution in [0.15, 0.2) is 73.1 Å². The lowest BCUT2D eigenvalue weighted by atomic mass is 9.83. The predicted molar refractivity (Wildman–Crippen MR) is 192 cm³/mol. The normalized spacial score (nSPS) is 14.7. The molecule has 1 unspecified atom stereocenters. The van der Waals surface area contributed by atoms with Gasteiger partial charge in [-0.3, -0.25) is 14.5 Å². The Hall–Kier alpha value is -5.75. The van der Waals surface area contributed by atoms with Gasteiger partial charge in [0.15, 0.2) is 12.5 Å². The number of carbonyl (C=O) groups excluding carboxylic acids is 2. The van der Waals surface area contributed by atoms with Crippen LogP contribution < -0.4 is 4.74 Å². The third kappa shape index (κ3) is 9.59. The minimum absolute atomic E-state index is 0.0173. The summed E-state index contributed by atoms with van der Waals surface area (Å²) in [6, 6.07) is 13.3. The predicted octanol–water partition coefficient (Wildman–Crippen LogP) is 10.4. The quantitative estimate of drug-likeness (QED) is 0.0787. The van der Waals surface area contributed by atoms with Gasteiger partial charge >= 0.3 is 36.5 Å². The number of nitriles is 1. The van der Waals surface area contributed by atoms with Gasteiger partial charge < -0.3 is 19.3 Å². The van der Waals surface area contributed by atoms with E-state index >= 15 is 0 Å². The van der Waals surface area contributed by atoms with Crippen LogP contribution in [-0.2, 0) is 26.4 Å². The Morgan fingerprint density at radius 2 is 1.54 bits per heavy atom. The Morgan fingerprint density at radius 1 is 0.918 bits per heavy atom. The van der Waals surface area contributed by atoms with Crippen molar-refractivity contribution < 1.29 is 77.6 Å². The fraction of sp³-hybridized carbons (Fsp3) is 0.342. The average molecular weight is 914 g/mol. The first-order valence-electron chi connectivity index (χ1n) is 17.3. The first-order chi connectivity index (χ1) is 28.1. The van der Waals surface area contributed by atoms with Gasteiger partial charge in [-0.05, 0) is 62.1 Å². The molecule has 1 amide bonds. The van der Waals surface area contributed by atoms with Gasteiger partial charge in [0, 0.05) is 23.7 Å². The Morgan fingerprint density at radius 3 is 2.08 bits per heavy atom. The first-order valence-corrected chi connectivity index (χ1v) is 18.0. The van der Waals surface area contributed by atoms with Crippen LogP contribution in [-0.4, -0.2) is 74.9 Å². The fourth-order valence-corrected chi connectivity index (χ4v) is 6.40. The summed E-state index contributed by atoms with van der Waals surface area (Å²) in [7, 11) is 0. The van der Waals surface area contributed by atoms with Crippen molar-refractivity contribution in [3.05, 3.63) is 99.8 Å². The van der Waals surface area contributed by atoms with Crippen molar-refractivity contribution in [2.75, 3.05) is 6.73 Å². The number of rotatable bonds is 13. The van der Waals surface area contributed by atoms with Gasteiger partial charge in [-0.2, -0.15) is 36.7 Å². The molecule has 1 heterocycles. The van der Waals surface area contributed by atoms with Crippen LogP contribution in [0.25, 0.3) is 16.8 Å². The van der Waals surface area contributed by atoms with E-state index in [1.54, 1.807) is 30.3 Å². The van der Waals surface area contributed by atoms with Crippen LogP contribution in [0.1, 0.15) is 48.2 Å². The summed E-state index contributed by atoms with van der Waals surface area (Å²) in [5.41, 5.74) is -12.5. The van der Waals surface area contributed by atoms with E-state index in [2.05, 4.69) is 9.84 Å². The monoisotopic (exact) mass is 912 g/mol. The lowest BCUT2D eigenvalue weighted by Gasteiger charge is -2.31. The van der Waals surface area contributed by atoms with E-state index in [9.17, 15) is 68.7 Å². The van der Waals surface area contributed by atoms with Crippen LogP contribution in [0, 0.1) is 16.7 Å². The molecule has 0 spiro atoms. The summed E-state index contributed by atoms with van der Waals surface area (Å²) >= 11 is 12.3. The van der Waals surface area contributed by atoms with Crippen LogP contribution in [0.4, 0.5) is 48.7 Å². The maximum Gasteiger partial charge on any atom is 0.573 e. The Bertz CT molecular complexity index is 2350. The van der Waals surface area contributed by atoms with Crippen molar-refractivity contribution >= 4 is 41.2 Å². The average Bonchev–Trinajstić information content (AvgIpc) is 3.80. The van der Waals surface area contributed by atoms with E-state index < -0.39 is 94.3 Å². The number of amides is 1. The minimum atomic E-state index is -6.71. The number of benzene rings is 3. The van der Waals surface area contributed by atoms with Gasteiger partial charge in [0.2, 0.25) is 0 Å². The molecule has 11 nitrogen and oxygen atoms in total. The molecule has 326 valence electrons. The molecule has 1 aromatic heterocycles. The second kappa shape index (κ2) is 16.6. The SMILES string of the molecule is CC(C)(C(=O)O)C(Cc1ccccc1)OC(=O)OCN(C(=O)c1cc(-c2cnn(-c3c(Cl)cc(C(F)(C(F)(F)F)C(F)(F)F)cc3OC(F)(F)F)c2)ccc1Cl)C1(C#N)CC1. The number of carboxylic acids is 1. The molecule has 1 fully saturated rings. The Kier molecular flexibility index (Phi) is 12.6. The lowest BCUT2D eigenvalue weighted by molar-refractivity contribution is -0.348. The summed E-state index contributed by atoms with van der Waals surface area (Å²) in [6.07, 6.45) is -19.8. The molecule has 1 saturated carbocycles. The standard InChI is InChI=1S/C38H28Cl2F10N4O7/c1-33(2,31(56)57)28(12-20-6-4-3-5-7-20)60-32(58)59-19-53(34(18-51)10-11-34)30(55)24-13-21(8-9-25(24)39)22-16-52-54(17-22)29-26(40)14-23(15-27(29)61-38(48,49)50)35(41,36(42,43)44)37(45,46)47/h3-9,13-17,28H,10-12,19H2,1-2H3,(H,56,57). The molecular weight excluding hydrogens is 885 g/mol. The molecule has 5 rings (SSSR count). The third-order valence-electron chi connectivity index (χ3n) is 9.64. The molecule has 0 bridgehead atoms. The zero-order valence-electron chi connectivity index (χ0n) is 31.1. The first kappa shape index (κ1) is 46.3. The zero-order chi connectivity index (χ0) is 45.5. The van der Waals surface area contributed by atoms with Gasteiger partial charge in [-0.15, -0.1) is 13.2 Å². The summed E-state index contributed by atoms with van der Waals surface area (Å²) in [5.74, 6) is -4.09. The van der Waals surface area contributed by atoms with E-state index in [4.69, 9.17) is 32.7 Å². The van der Waals surface area contributed by atoms with E-state index in [0.29, 0.717) is 10.2 Å². The number of halogens is 12. The number of carboxylic acid groups (broad SMARTS) is 1. The summed E-state index contributed by atoms with van der Waals surface area (Å²) < 4.78 is 151. The van der Waals surface area contributed by atoms with Gasteiger partial charge in [0.05, 0.1) is 33.3 Å². The maximum atomic E-state index is 14.9. The van der Waals surface area contributed by atoms with Gasteiger partial charge in [-0.1, -0.05) is 59.6 Å². The molecule has 23 heteroatoms. The van der Waals surface area contributed by atoms with E-state index in [1.807, 2.05) is 6.07 Å². The number of aliphatic carboxylic acids is 1. The molecule has 0 aliphatic heterocycles. The number of hydrogen-bond acceptors (Lipinski definition) is 8. The van der Waals surface area contributed by atoms with Crippen molar-refractivity contribution in [2.24, 2.45) is 5.41 Å². The molecule has 1 N–H and O–H groups in total. The largest absolute Gasteiger partial charge is 0.573 e. The number of carbonyl (C=O) groups is 3. The topological polar surface area (TPSA) is 144 Å². The van der Waals surface area contributed by atoms with Crippen molar-refractivity contribution in [1.82, 2.24) is 14.7 Å². The molecule has 1 aliphatic rings. The number of aromatic nitrogens is 2. The Balaban J connectivity index is 1.46. The summed E-state index contributed by atoms with van der Waals surface area (Å²) in [4.78, 5) is 40.0. The molecule has 1 aliphatic carbocycles. The fourth-order valence-electron chi connectivity index (χ4n) is 5.91. The Labute approximate surface area is 347 Å². The smallest absolute Gasteiger partial charge is 0.481 e. The molecular formula is C38H28Cl2F10N4O7. The summed E-state index contributed by atoms with van der Waals surface area (Å²) in [6.45, 7) is 1.75.